The fourth-order valence-corrected chi connectivity index (χ4v) is 2.64. The third kappa shape index (κ3) is 3.09. The van der Waals surface area contributed by atoms with Gasteiger partial charge in [0.1, 0.15) is 0 Å². The van der Waals surface area contributed by atoms with Gasteiger partial charge >= 0.3 is 5.69 Å². The molecule has 2 rings (SSSR count). The lowest BCUT2D eigenvalue weighted by Crippen LogP contribution is -2.29. The molecule has 0 fully saturated rings. The van der Waals surface area contributed by atoms with E-state index in [0.29, 0.717) is 23.0 Å². The molecule has 0 saturated carbocycles. The van der Waals surface area contributed by atoms with Gasteiger partial charge in [-0.1, -0.05) is 23.9 Å². The molecule has 7 nitrogen and oxygen atoms in total. The van der Waals surface area contributed by atoms with E-state index in [-0.39, 0.29) is 11.6 Å². The summed E-state index contributed by atoms with van der Waals surface area (Å²) in [6.45, 7) is 2.47. The monoisotopic (exact) mass is 293 g/mol. The van der Waals surface area contributed by atoms with Gasteiger partial charge in [0.25, 0.3) is 5.91 Å². The average Bonchev–Trinajstić information content (AvgIpc) is 2.85. The second kappa shape index (κ2) is 6.40. The molecule has 1 amide bonds. The van der Waals surface area contributed by atoms with E-state index in [9.17, 15) is 9.59 Å². The number of hydrazine groups is 1. The Morgan fingerprint density at radius 2 is 2.15 bits per heavy atom. The highest BCUT2D eigenvalue weighted by atomic mass is 32.2. The first-order valence-electron chi connectivity index (χ1n) is 6.03. The number of nitrogen functional groups attached to an aromatic ring is 1. The van der Waals surface area contributed by atoms with Gasteiger partial charge in [-0.05, 0) is 24.6 Å². The summed E-state index contributed by atoms with van der Waals surface area (Å²) >= 11 is 1.46. The van der Waals surface area contributed by atoms with Crippen molar-refractivity contribution in [2.75, 3.05) is 0 Å². The summed E-state index contributed by atoms with van der Waals surface area (Å²) in [5.41, 5.74) is 3.41. The molecular formula is C12H15N5O2S. The number of hydrogen-bond acceptors (Lipinski definition) is 5. The Labute approximate surface area is 119 Å². The van der Waals surface area contributed by atoms with Crippen molar-refractivity contribution in [2.45, 2.75) is 24.4 Å². The van der Waals surface area contributed by atoms with Gasteiger partial charge in [0.05, 0.1) is 0 Å². The largest absolute Gasteiger partial charge is 0.343 e. The maximum atomic E-state index is 11.4. The molecule has 8 heteroatoms. The van der Waals surface area contributed by atoms with Crippen molar-refractivity contribution in [3.63, 3.8) is 0 Å². The number of rotatable bonds is 5. The molecule has 1 heterocycles. The van der Waals surface area contributed by atoms with Crippen LogP contribution < -0.4 is 17.0 Å². The molecule has 0 bridgehead atoms. The molecular weight excluding hydrogens is 278 g/mol. The van der Waals surface area contributed by atoms with Gasteiger partial charge in [0.2, 0.25) is 0 Å². The third-order valence-electron chi connectivity index (χ3n) is 2.75. The summed E-state index contributed by atoms with van der Waals surface area (Å²) in [6, 6.07) is 7.10. The second-order valence-corrected chi connectivity index (χ2v) is 4.96. The van der Waals surface area contributed by atoms with Gasteiger partial charge in [-0.15, -0.1) is 5.10 Å². The molecule has 0 spiro atoms. The Kier molecular flexibility index (Phi) is 4.59. The van der Waals surface area contributed by atoms with Gasteiger partial charge in [-0.3, -0.25) is 14.8 Å². The Morgan fingerprint density at radius 3 is 2.75 bits per heavy atom. The van der Waals surface area contributed by atoms with E-state index in [0.717, 1.165) is 5.56 Å². The van der Waals surface area contributed by atoms with Crippen molar-refractivity contribution >= 4 is 17.7 Å². The van der Waals surface area contributed by atoms with Crippen LogP contribution in [0.4, 0.5) is 0 Å². The SMILES string of the molecule is CCn1c(SCc2ccc(C(=O)NN)cc2)n[nH]c1=O. The maximum absolute atomic E-state index is 11.4. The number of carbonyl (C=O) groups excluding carboxylic acids is 1. The summed E-state index contributed by atoms with van der Waals surface area (Å²) < 4.78 is 1.57. The van der Waals surface area contributed by atoms with E-state index in [4.69, 9.17) is 5.84 Å². The Morgan fingerprint density at radius 1 is 1.45 bits per heavy atom. The van der Waals surface area contributed by atoms with Crippen LogP contribution in [0.1, 0.15) is 22.8 Å². The van der Waals surface area contributed by atoms with Crippen LogP contribution in [0.3, 0.4) is 0 Å². The van der Waals surface area contributed by atoms with E-state index < -0.39 is 0 Å². The normalized spacial score (nSPS) is 10.5. The highest BCUT2D eigenvalue weighted by Gasteiger charge is 2.08. The minimum Gasteiger partial charge on any atom is -0.290 e. The van der Waals surface area contributed by atoms with Gasteiger partial charge < -0.3 is 0 Å². The number of carbonyl (C=O) groups is 1. The van der Waals surface area contributed by atoms with Crippen molar-refractivity contribution in [2.24, 2.45) is 5.84 Å². The molecule has 0 radical (unpaired) electrons. The standard InChI is InChI=1S/C12H15N5O2S/c1-2-17-11(19)15-16-12(17)20-7-8-3-5-9(6-4-8)10(18)14-13/h3-6H,2,7,13H2,1H3,(H,14,18)(H,15,19). The second-order valence-electron chi connectivity index (χ2n) is 4.01. The number of aromatic amines is 1. The van der Waals surface area contributed by atoms with Crippen molar-refractivity contribution in [3.05, 3.63) is 45.9 Å². The highest BCUT2D eigenvalue weighted by molar-refractivity contribution is 7.98. The van der Waals surface area contributed by atoms with Crippen molar-refractivity contribution in [1.29, 1.82) is 0 Å². The van der Waals surface area contributed by atoms with E-state index in [1.165, 1.54) is 11.8 Å². The van der Waals surface area contributed by atoms with E-state index >= 15 is 0 Å². The average molecular weight is 293 g/mol. The number of nitrogens with zero attached hydrogens (tertiary/aromatic N) is 2. The quantitative estimate of drug-likeness (QED) is 0.322. The maximum Gasteiger partial charge on any atom is 0.343 e. The molecule has 4 N–H and O–H groups in total. The highest BCUT2D eigenvalue weighted by Crippen LogP contribution is 2.19. The van der Waals surface area contributed by atoms with Crippen LogP contribution in [0.15, 0.2) is 34.2 Å². The number of amides is 1. The molecule has 0 unspecified atom stereocenters. The fourth-order valence-electron chi connectivity index (χ4n) is 1.68. The van der Waals surface area contributed by atoms with Crippen LogP contribution in [0.2, 0.25) is 0 Å². The number of aromatic nitrogens is 3. The minimum atomic E-state index is -0.323. The molecule has 1 aromatic carbocycles. The number of thioether (sulfide) groups is 1. The molecule has 0 aliphatic heterocycles. The van der Waals surface area contributed by atoms with Gasteiger partial charge in [0, 0.05) is 17.9 Å². The molecule has 0 atom stereocenters. The Hall–Kier alpha value is -2.06. The molecule has 106 valence electrons. The third-order valence-corrected chi connectivity index (χ3v) is 3.80. The number of nitrogens with two attached hydrogens (primary N) is 1. The van der Waals surface area contributed by atoms with Crippen LogP contribution >= 0.6 is 11.8 Å². The lowest BCUT2D eigenvalue weighted by atomic mass is 10.1. The summed E-state index contributed by atoms with van der Waals surface area (Å²) in [7, 11) is 0. The molecule has 2 aromatic rings. The smallest absolute Gasteiger partial charge is 0.290 e. The van der Waals surface area contributed by atoms with Gasteiger partial charge in [-0.25, -0.2) is 15.7 Å². The molecule has 0 saturated heterocycles. The van der Waals surface area contributed by atoms with Crippen LogP contribution in [0.5, 0.6) is 0 Å². The van der Waals surface area contributed by atoms with Crippen molar-refractivity contribution in [1.82, 2.24) is 20.2 Å². The van der Waals surface area contributed by atoms with E-state index in [1.807, 2.05) is 19.1 Å². The Balaban J connectivity index is 2.04. The summed E-state index contributed by atoms with van der Waals surface area (Å²) in [6.07, 6.45) is 0. The van der Waals surface area contributed by atoms with Crippen LogP contribution in [0, 0.1) is 0 Å². The predicted molar refractivity (Wildman–Crippen MR) is 76.2 cm³/mol. The van der Waals surface area contributed by atoms with Crippen molar-refractivity contribution < 1.29 is 4.79 Å². The lowest BCUT2D eigenvalue weighted by Gasteiger charge is -2.04. The fraction of sp³-hybridized carbons (Fsp3) is 0.250. The summed E-state index contributed by atoms with van der Waals surface area (Å²) in [4.78, 5) is 22.7. The summed E-state index contributed by atoms with van der Waals surface area (Å²) in [5.74, 6) is 5.40. The van der Waals surface area contributed by atoms with Gasteiger partial charge in [-0.2, -0.15) is 0 Å². The first-order chi connectivity index (χ1) is 9.65. The zero-order valence-electron chi connectivity index (χ0n) is 10.9. The van der Waals surface area contributed by atoms with Crippen LogP contribution in [-0.4, -0.2) is 20.7 Å². The van der Waals surface area contributed by atoms with E-state index in [2.05, 4.69) is 15.6 Å². The topological polar surface area (TPSA) is 106 Å². The number of nitrogens with one attached hydrogen (secondary N) is 2. The first kappa shape index (κ1) is 14.4. The minimum absolute atomic E-state index is 0.204. The number of benzene rings is 1. The predicted octanol–water partition coefficient (Wildman–Crippen LogP) is 0.487. The summed E-state index contributed by atoms with van der Waals surface area (Å²) in [5, 5.41) is 7.05. The first-order valence-corrected chi connectivity index (χ1v) is 7.02. The van der Waals surface area contributed by atoms with Crippen LogP contribution in [-0.2, 0) is 12.3 Å². The van der Waals surface area contributed by atoms with Gasteiger partial charge in [0.15, 0.2) is 5.16 Å². The lowest BCUT2D eigenvalue weighted by molar-refractivity contribution is 0.0953. The Bertz CT molecular complexity index is 647. The molecule has 1 aromatic heterocycles. The van der Waals surface area contributed by atoms with Crippen molar-refractivity contribution in [3.8, 4) is 0 Å². The molecule has 0 aliphatic rings. The molecule has 20 heavy (non-hydrogen) atoms. The zero-order valence-corrected chi connectivity index (χ0v) is 11.7. The zero-order chi connectivity index (χ0) is 14.5. The number of hydrogen-bond donors (Lipinski definition) is 3. The van der Waals surface area contributed by atoms with Crippen LogP contribution in [0.25, 0.3) is 0 Å². The molecule has 0 aliphatic carbocycles. The number of H-pyrrole nitrogens is 1. The van der Waals surface area contributed by atoms with E-state index in [1.54, 1.807) is 16.7 Å².